The molecule has 0 bridgehead atoms. The molecule has 1 aromatic heterocycles. The molecule has 1 saturated heterocycles. The zero-order chi connectivity index (χ0) is 15.1. The van der Waals surface area contributed by atoms with E-state index in [4.69, 9.17) is 15.6 Å². The Morgan fingerprint density at radius 3 is 2.35 bits per heavy atom. The number of morpholine rings is 1. The molecule has 1 aromatic rings. The molecule has 0 atom stereocenters. The van der Waals surface area contributed by atoms with Gasteiger partial charge in [-0.25, -0.2) is 9.78 Å². The van der Waals surface area contributed by atoms with Gasteiger partial charge in [0.05, 0.1) is 22.5 Å². The number of aromatic carboxylic acids is 1. The van der Waals surface area contributed by atoms with Gasteiger partial charge < -0.3 is 20.5 Å². The highest BCUT2D eigenvalue weighted by molar-refractivity contribution is 5.89. The molecule has 0 spiro atoms. The van der Waals surface area contributed by atoms with E-state index < -0.39 is 5.97 Å². The molecule has 110 valence electrons. The highest BCUT2D eigenvalue weighted by Gasteiger charge is 2.39. The van der Waals surface area contributed by atoms with Gasteiger partial charge in [-0.3, -0.25) is 0 Å². The van der Waals surface area contributed by atoms with E-state index in [-0.39, 0.29) is 16.8 Å². The third-order valence-corrected chi connectivity index (χ3v) is 3.14. The largest absolute Gasteiger partial charge is 0.478 e. The molecule has 0 aromatic carbocycles. The van der Waals surface area contributed by atoms with Crippen molar-refractivity contribution in [3.8, 4) is 0 Å². The maximum Gasteiger partial charge on any atom is 0.337 e. The summed E-state index contributed by atoms with van der Waals surface area (Å²) in [6.45, 7) is 9.37. The number of carboxylic acid groups (broad SMARTS) is 1. The lowest BCUT2D eigenvalue weighted by Gasteiger charge is -2.47. The van der Waals surface area contributed by atoms with Gasteiger partial charge in [-0.1, -0.05) is 0 Å². The summed E-state index contributed by atoms with van der Waals surface area (Å²) in [5.74, 6) is -0.419. The smallest absolute Gasteiger partial charge is 0.337 e. The van der Waals surface area contributed by atoms with Crippen LogP contribution in [0.4, 0.5) is 11.5 Å². The van der Waals surface area contributed by atoms with E-state index in [9.17, 15) is 4.79 Å². The van der Waals surface area contributed by atoms with Gasteiger partial charge in [0.1, 0.15) is 0 Å². The fourth-order valence-corrected chi connectivity index (χ4v) is 2.79. The highest BCUT2D eigenvalue weighted by atomic mass is 16.5. The van der Waals surface area contributed by atoms with Crippen LogP contribution >= 0.6 is 0 Å². The van der Waals surface area contributed by atoms with Crippen LogP contribution in [0.15, 0.2) is 12.3 Å². The SMILES string of the molecule is CC1(C)CN(c2ncc(C(=O)O)cc2N)CC(C)(C)O1. The maximum atomic E-state index is 10.9. The van der Waals surface area contributed by atoms with Crippen LogP contribution < -0.4 is 10.6 Å². The van der Waals surface area contributed by atoms with E-state index >= 15 is 0 Å². The van der Waals surface area contributed by atoms with Crippen LogP contribution in [0.25, 0.3) is 0 Å². The van der Waals surface area contributed by atoms with E-state index in [0.29, 0.717) is 24.6 Å². The molecule has 20 heavy (non-hydrogen) atoms. The quantitative estimate of drug-likeness (QED) is 0.857. The van der Waals surface area contributed by atoms with Crippen molar-refractivity contribution >= 4 is 17.5 Å². The third kappa shape index (κ3) is 3.01. The molecule has 1 aliphatic rings. The number of carbonyl (C=O) groups is 1. The Hall–Kier alpha value is -1.82. The topological polar surface area (TPSA) is 88.7 Å². The Kier molecular flexibility index (Phi) is 3.37. The average molecular weight is 279 g/mol. The maximum absolute atomic E-state index is 10.9. The van der Waals surface area contributed by atoms with Crippen LogP contribution in [0.1, 0.15) is 38.1 Å². The molecule has 0 amide bonds. The first-order chi connectivity index (χ1) is 9.10. The molecule has 1 aliphatic heterocycles. The highest BCUT2D eigenvalue weighted by Crippen LogP contribution is 2.32. The average Bonchev–Trinajstić information content (AvgIpc) is 2.24. The number of pyridine rings is 1. The second kappa shape index (κ2) is 4.63. The van der Waals surface area contributed by atoms with Crippen molar-refractivity contribution in [2.75, 3.05) is 23.7 Å². The lowest BCUT2D eigenvalue weighted by molar-refractivity contribution is -0.133. The minimum Gasteiger partial charge on any atom is -0.478 e. The molecule has 0 saturated carbocycles. The number of aromatic nitrogens is 1. The lowest BCUT2D eigenvalue weighted by atomic mass is 9.99. The summed E-state index contributed by atoms with van der Waals surface area (Å²) in [4.78, 5) is 17.2. The number of hydrogen-bond acceptors (Lipinski definition) is 5. The van der Waals surface area contributed by atoms with Gasteiger partial charge in [-0.05, 0) is 33.8 Å². The predicted molar refractivity (Wildman–Crippen MR) is 77.1 cm³/mol. The first kappa shape index (κ1) is 14.6. The van der Waals surface area contributed by atoms with E-state index in [1.165, 1.54) is 12.3 Å². The first-order valence-corrected chi connectivity index (χ1v) is 6.54. The molecular weight excluding hydrogens is 258 g/mol. The molecule has 6 heteroatoms. The monoisotopic (exact) mass is 279 g/mol. The second-order valence-electron chi connectivity index (χ2n) is 6.42. The van der Waals surface area contributed by atoms with E-state index in [0.717, 1.165) is 0 Å². The van der Waals surface area contributed by atoms with Gasteiger partial charge in [-0.2, -0.15) is 0 Å². The van der Waals surface area contributed by atoms with E-state index in [1.54, 1.807) is 0 Å². The van der Waals surface area contributed by atoms with Gasteiger partial charge >= 0.3 is 5.97 Å². The van der Waals surface area contributed by atoms with Crippen LogP contribution in [0, 0.1) is 0 Å². The number of ether oxygens (including phenoxy) is 1. The van der Waals surface area contributed by atoms with Crippen molar-refractivity contribution in [3.05, 3.63) is 17.8 Å². The van der Waals surface area contributed by atoms with Crippen LogP contribution in [-0.2, 0) is 4.74 Å². The molecular formula is C14H21N3O3. The van der Waals surface area contributed by atoms with Crippen LogP contribution in [0.2, 0.25) is 0 Å². The zero-order valence-electron chi connectivity index (χ0n) is 12.3. The van der Waals surface area contributed by atoms with Crippen LogP contribution in [0.5, 0.6) is 0 Å². The summed E-state index contributed by atoms with van der Waals surface area (Å²) < 4.78 is 6.01. The number of carboxylic acids is 1. The Morgan fingerprint density at radius 1 is 1.35 bits per heavy atom. The number of rotatable bonds is 2. The third-order valence-electron chi connectivity index (χ3n) is 3.14. The molecule has 0 unspecified atom stereocenters. The molecule has 0 aliphatic carbocycles. The Balaban J connectivity index is 2.34. The van der Waals surface area contributed by atoms with Crippen LogP contribution in [-0.4, -0.2) is 40.4 Å². The summed E-state index contributed by atoms with van der Waals surface area (Å²) in [7, 11) is 0. The van der Waals surface area contributed by atoms with Gasteiger partial charge in [0, 0.05) is 19.3 Å². The van der Waals surface area contributed by atoms with Gasteiger partial charge in [0.15, 0.2) is 5.82 Å². The summed E-state index contributed by atoms with van der Waals surface area (Å²) in [5.41, 5.74) is 5.79. The Labute approximate surface area is 118 Å². The minimum atomic E-state index is -1.03. The number of anilines is 2. The lowest BCUT2D eigenvalue weighted by Crippen LogP contribution is -2.57. The fourth-order valence-electron chi connectivity index (χ4n) is 2.79. The summed E-state index contributed by atoms with van der Waals surface area (Å²) >= 11 is 0. The molecule has 3 N–H and O–H groups in total. The van der Waals surface area contributed by atoms with Crippen LogP contribution in [0.3, 0.4) is 0 Å². The predicted octanol–water partition coefficient (Wildman–Crippen LogP) is 1.76. The van der Waals surface area contributed by atoms with Crippen molar-refractivity contribution < 1.29 is 14.6 Å². The molecule has 2 rings (SSSR count). The molecule has 1 fully saturated rings. The normalized spacial score (nSPS) is 20.7. The van der Waals surface area contributed by atoms with E-state index in [2.05, 4.69) is 4.98 Å². The molecule has 2 heterocycles. The molecule has 0 radical (unpaired) electrons. The zero-order valence-corrected chi connectivity index (χ0v) is 12.3. The van der Waals surface area contributed by atoms with Gasteiger partial charge in [0.2, 0.25) is 0 Å². The summed E-state index contributed by atoms with van der Waals surface area (Å²) in [6, 6.07) is 1.44. The van der Waals surface area contributed by atoms with Crippen molar-refractivity contribution in [3.63, 3.8) is 0 Å². The van der Waals surface area contributed by atoms with Gasteiger partial charge in [-0.15, -0.1) is 0 Å². The summed E-state index contributed by atoms with van der Waals surface area (Å²) in [6.07, 6.45) is 1.34. The standard InChI is InChI=1S/C14H21N3O3/c1-13(2)7-17(8-14(3,4)20-13)11-10(15)5-9(6-16-11)12(18)19/h5-6H,7-8,15H2,1-4H3,(H,18,19). The van der Waals surface area contributed by atoms with E-state index in [1.807, 2.05) is 32.6 Å². The van der Waals surface area contributed by atoms with Crippen molar-refractivity contribution in [1.82, 2.24) is 4.98 Å². The first-order valence-electron chi connectivity index (χ1n) is 6.54. The van der Waals surface area contributed by atoms with Gasteiger partial charge in [0.25, 0.3) is 0 Å². The minimum absolute atomic E-state index is 0.0954. The fraction of sp³-hybridized carbons (Fsp3) is 0.571. The number of nitrogens with zero attached hydrogens (tertiary/aromatic N) is 2. The van der Waals surface area contributed by atoms with Crippen molar-refractivity contribution in [1.29, 1.82) is 0 Å². The molecule has 6 nitrogen and oxygen atoms in total. The second-order valence-corrected chi connectivity index (χ2v) is 6.42. The summed E-state index contributed by atoms with van der Waals surface area (Å²) in [5, 5.41) is 8.95. The Morgan fingerprint density at radius 2 is 1.90 bits per heavy atom. The number of nitrogens with two attached hydrogens (primary N) is 1. The van der Waals surface area contributed by atoms with Crippen molar-refractivity contribution in [2.45, 2.75) is 38.9 Å². The number of hydrogen-bond donors (Lipinski definition) is 2. The Bertz CT molecular complexity index is 524. The number of nitrogen functional groups attached to an aromatic ring is 1. The van der Waals surface area contributed by atoms with Crippen molar-refractivity contribution in [2.24, 2.45) is 0 Å².